The van der Waals surface area contributed by atoms with Gasteiger partial charge >= 0.3 is 0 Å². The fraction of sp³-hybridized carbons (Fsp3) is 0.769. The molecular weight excluding hydrogens is 1000 g/mol. The van der Waals surface area contributed by atoms with Gasteiger partial charge in [-0.05, 0) is 77.0 Å². The van der Waals surface area contributed by atoms with Gasteiger partial charge in [-0.3, -0.25) is 4.79 Å². The van der Waals surface area contributed by atoms with Gasteiger partial charge in [0.25, 0.3) is 0 Å². The lowest BCUT2D eigenvalue weighted by molar-refractivity contribution is -0.359. The third-order valence-corrected chi connectivity index (χ3v) is 14.8. The first-order chi connectivity index (χ1) is 38.6. The Morgan fingerprint density at radius 1 is 0.468 bits per heavy atom. The number of hydrogen-bond donors (Lipinski definition) is 9. The number of amides is 1. The molecule has 2 aliphatic rings. The van der Waals surface area contributed by atoms with Crippen molar-refractivity contribution in [2.24, 2.45) is 0 Å². The summed E-state index contributed by atoms with van der Waals surface area (Å²) in [5, 5.41) is 87.1. The van der Waals surface area contributed by atoms with Crippen LogP contribution in [0.15, 0.2) is 85.1 Å². The van der Waals surface area contributed by atoms with Gasteiger partial charge in [-0.25, -0.2) is 0 Å². The molecule has 79 heavy (non-hydrogen) atoms. The summed E-state index contributed by atoms with van der Waals surface area (Å²) in [5.74, 6) is -0.253. The molecule has 2 rings (SSSR count). The van der Waals surface area contributed by atoms with E-state index in [4.69, 9.17) is 18.9 Å². The number of aliphatic hydroxyl groups excluding tert-OH is 8. The summed E-state index contributed by atoms with van der Waals surface area (Å²) in [7, 11) is 0. The third kappa shape index (κ3) is 35.0. The van der Waals surface area contributed by atoms with E-state index in [1.165, 1.54) is 122 Å². The predicted octanol–water partition coefficient (Wildman–Crippen LogP) is 11.3. The van der Waals surface area contributed by atoms with Gasteiger partial charge in [-0.2, -0.15) is 0 Å². The van der Waals surface area contributed by atoms with Gasteiger partial charge < -0.3 is 65.1 Å². The van der Waals surface area contributed by atoms with Crippen LogP contribution in [0.4, 0.5) is 0 Å². The molecule has 0 aliphatic carbocycles. The van der Waals surface area contributed by atoms with E-state index in [1.807, 2.05) is 6.08 Å². The Kier molecular flexibility index (Phi) is 45.5. The lowest BCUT2D eigenvalue weighted by Gasteiger charge is -2.46. The molecule has 9 N–H and O–H groups in total. The summed E-state index contributed by atoms with van der Waals surface area (Å²) in [4.78, 5) is 13.3. The zero-order valence-electron chi connectivity index (χ0n) is 49.1. The number of nitrogens with one attached hydrogen (secondary N) is 1. The molecule has 0 aromatic carbocycles. The molecule has 12 atom stereocenters. The minimum Gasteiger partial charge on any atom is -0.394 e. The molecule has 0 spiro atoms. The fourth-order valence-corrected chi connectivity index (χ4v) is 9.80. The molecule has 14 nitrogen and oxygen atoms in total. The summed E-state index contributed by atoms with van der Waals surface area (Å²) >= 11 is 0. The van der Waals surface area contributed by atoms with E-state index < -0.39 is 86.8 Å². The molecule has 0 bridgehead atoms. The molecule has 456 valence electrons. The van der Waals surface area contributed by atoms with E-state index >= 15 is 0 Å². The van der Waals surface area contributed by atoms with Crippen molar-refractivity contribution in [3.05, 3.63) is 85.1 Å². The highest BCUT2D eigenvalue weighted by molar-refractivity contribution is 5.76. The zero-order chi connectivity index (χ0) is 57.4. The quantitative estimate of drug-likeness (QED) is 0.0204. The van der Waals surface area contributed by atoms with Crippen molar-refractivity contribution >= 4 is 5.91 Å². The van der Waals surface area contributed by atoms with Crippen molar-refractivity contribution in [2.45, 2.75) is 299 Å². The molecule has 2 aliphatic heterocycles. The second-order valence-corrected chi connectivity index (χ2v) is 21.8. The van der Waals surface area contributed by atoms with E-state index in [-0.39, 0.29) is 18.9 Å². The standard InChI is InChI=1S/C65H113NO13/c1-3-5-7-9-11-13-15-17-19-21-22-23-24-25-26-27-28-29-30-31-32-33-35-37-39-41-43-45-47-49-57(70)66-53(54(69)48-46-44-42-40-38-36-34-20-18-16-14-12-10-8-6-4-2)52-76-64-62(75)60(73)63(56(51-68)78-64)79-65-61(74)59(72)58(71)55(50-67)77-65/h5,7,11,13,17,19,22-23,25-26,38,40,46,48,53-56,58-65,67-69,71-75H,3-4,6,8-10,12,14-16,18,20-21,24,27-37,39,41-45,47,49-52H2,1-2H3,(H,66,70)/b7-5-,13-11-,19-17-,23-22-,26-25-,40-38+,48-46+. The Balaban J connectivity index is 1.71. The van der Waals surface area contributed by atoms with Crippen LogP contribution >= 0.6 is 0 Å². The minimum atomic E-state index is -1.79. The SMILES string of the molecule is CC/C=C\C/C=C\C/C=C\C/C=C\C/C=C\CCCCCCCCCCCCCCCC(=O)NC(COC1OC(CO)C(OC2OC(CO)C(O)C(O)C2O)C(O)C1O)C(O)/C=C/CC/C=C/CCCCCCCCCCCC. The van der Waals surface area contributed by atoms with E-state index in [0.717, 1.165) is 70.6 Å². The first kappa shape index (κ1) is 72.3. The van der Waals surface area contributed by atoms with Crippen LogP contribution < -0.4 is 5.32 Å². The molecule has 2 saturated heterocycles. The van der Waals surface area contributed by atoms with Crippen molar-refractivity contribution in [2.75, 3.05) is 19.8 Å². The summed E-state index contributed by atoms with van der Waals surface area (Å²) in [6, 6.07) is -0.936. The van der Waals surface area contributed by atoms with Crippen molar-refractivity contribution in [1.29, 1.82) is 0 Å². The maximum absolute atomic E-state index is 13.3. The lowest BCUT2D eigenvalue weighted by Crippen LogP contribution is -2.65. The first-order valence-corrected chi connectivity index (χ1v) is 31.3. The number of hydrogen-bond acceptors (Lipinski definition) is 13. The number of allylic oxidation sites excluding steroid dienone is 13. The number of carbonyl (C=O) groups is 1. The molecule has 2 heterocycles. The van der Waals surface area contributed by atoms with E-state index in [1.54, 1.807) is 6.08 Å². The summed E-state index contributed by atoms with van der Waals surface area (Å²) in [5.41, 5.74) is 0. The summed E-state index contributed by atoms with van der Waals surface area (Å²) in [6.07, 6.45) is 50.5. The minimum absolute atomic E-state index is 0.253. The van der Waals surface area contributed by atoms with Gasteiger partial charge in [-0.15, -0.1) is 0 Å². The molecule has 2 fully saturated rings. The van der Waals surface area contributed by atoms with Crippen LogP contribution in [0.5, 0.6) is 0 Å². The first-order valence-electron chi connectivity index (χ1n) is 31.3. The molecule has 0 radical (unpaired) electrons. The maximum atomic E-state index is 13.3. The van der Waals surface area contributed by atoms with Crippen LogP contribution in [0, 0.1) is 0 Å². The molecule has 1 amide bonds. The Morgan fingerprint density at radius 2 is 0.886 bits per heavy atom. The van der Waals surface area contributed by atoms with Crippen molar-refractivity contribution in [3.63, 3.8) is 0 Å². The number of unbranched alkanes of at least 4 members (excludes halogenated alkanes) is 24. The summed E-state index contributed by atoms with van der Waals surface area (Å²) in [6.45, 7) is 2.66. The van der Waals surface area contributed by atoms with E-state index in [9.17, 15) is 45.6 Å². The molecular formula is C65H113NO13. The fourth-order valence-electron chi connectivity index (χ4n) is 9.80. The monoisotopic (exact) mass is 1120 g/mol. The van der Waals surface area contributed by atoms with Crippen LogP contribution in [-0.2, 0) is 23.7 Å². The van der Waals surface area contributed by atoms with Crippen molar-refractivity contribution in [3.8, 4) is 0 Å². The van der Waals surface area contributed by atoms with Gasteiger partial charge in [0.2, 0.25) is 5.91 Å². The highest BCUT2D eigenvalue weighted by Crippen LogP contribution is 2.30. The molecule has 14 heteroatoms. The van der Waals surface area contributed by atoms with Gasteiger partial charge in [-0.1, -0.05) is 227 Å². The lowest BCUT2D eigenvalue weighted by atomic mass is 9.97. The largest absolute Gasteiger partial charge is 0.394 e. The Bertz CT molecular complexity index is 1650. The average molecular weight is 1120 g/mol. The zero-order valence-corrected chi connectivity index (χ0v) is 49.1. The normalized spacial score (nSPS) is 25.0. The molecule has 0 aromatic heterocycles. The Hall–Kier alpha value is -2.83. The third-order valence-electron chi connectivity index (χ3n) is 14.8. The van der Waals surface area contributed by atoms with Crippen LogP contribution in [0.2, 0.25) is 0 Å². The van der Waals surface area contributed by atoms with Crippen molar-refractivity contribution in [1.82, 2.24) is 5.32 Å². The molecule has 0 saturated carbocycles. The van der Waals surface area contributed by atoms with Crippen LogP contribution in [0.25, 0.3) is 0 Å². The highest BCUT2D eigenvalue weighted by atomic mass is 16.7. The molecule has 12 unspecified atom stereocenters. The second-order valence-electron chi connectivity index (χ2n) is 21.8. The van der Waals surface area contributed by atoms with Gasteiger partial charge in [0.05, 0.1) is 32.0 Å². The van der Waals surface area contributed by atoms with Crippen LogP contribution in [0.1, 0.15) is 226 Å². The topological polar surface area (TPSA) is 228 Å². The van der Waals surface area contributed by atoms with Gasteiger partial charge in [0, 0.05) is 6.42 Å². The smallest absolute Gasteiger partial charge is 0.220 e. The van der Waals surface area contributed by atoms with E-state index in [2.05, 4.69) is 92.1 Å². The maximum Gasteiger partial charge on any atom is 0.220 e. The molecule has 0 aromatic rings. The van der Waals surface area contributed by atoms with E-state index in [0.29, 0.717) is 12.8 Å². The number of carbonyl (C=O) groups excluding carboxylic acids is 1. The van der Waals surface area contributed by atoms with Gasteiger partial charge in [0.15, 0.2) is 12.6 Å². The van der Waals surface area contributed by atoms with Crippen molar-refractivity contribution < 1.29 is 64.6 Å². The summed E-state index contributed by atoms with van der Waals surface area (Å²) < 4.78 is 22.8. The Morgan fingerprint density at radius 3 is 1.39 bits per heavy atom. The predicted molar refractivity (Wildman–Crippen MR) is 318 cm³/mol. The Labute approximate surface area is 478 Å². The highest BCUT2D eigenvalue weighted by Gasteiger charge is 2.51. The average Bonchev–Trinajstić information content (AvgIpc) is 3.48. The number of ether oxygens (including phenoxy) is 4. The number of rotatable bonds is 49. The van der Waals surface area contributed by atoms with Gasteiger partial charge in [0.1, 0.15) is 48.8 Å². The second kappa shape index (κ2) is 49.8. The van der Waals surface area contributed by atoms with Crippen LogP contribution in [0.3, 0.4) is 0 Å². The van der Waals surface area contributed by atoms with Crippen LogP contribution in [-0.4, -0.2) is 140 Å². The number of aliphatic hydroxyl groups is 8.